The molecule has 0 aliphatic rings. The lowest BCUT2D eigenvalue weighted by atomic mass is 10.0. The highest BCUT2D eigenvalue weighted by Gasteiger charge is 2.14. The third-order valence-corrected chi connectivity index (χ3v) is 2.99. The molecule has 0 saturated heterocycles. The number of hydrogen-bond acceptors (Lipinski definition) is 3. The van der Waals surface area contributed by atoms with Crippen molar-refractivity contribution in [2.45, 2.75) is 25.8 Å². The van der Waals surface area contributed by atoms with Crippen molar-refractivity contribution >= 4 is 18.0 Å². The van der Waals surface area contributed by atoms with Gasteiger partial charge in [0.2, 0.25) is 12.3 Å². The van der Waals surface area contributed by atoms with Crippen molar-refractivity contribution in [1.82, 2.24) is 5.32 Å². The zero-order chi connectivity index (χ0) is 15.0. The van der Waals surface area contributed by atoms with Gasteiger partial charge >= 0.3 is 0 Å². The molecule has 0 spiro atoms. The molecule has 4 N–H and O–H groups in total. The zero-order valence-electron chi connectivity index (χ0n) is 11.4. The minimum atomic E-state index is -0.343. The quantitative estimate of drug-likeness (QED) is 0.627. The molecule has 0 aromatic heterocycles. The summed E-state index contributed by atoms with van der Waals surface area (Å²) in [5.74, 6) is -0.681. The van der Waals surface area contributed by atoms with Crippen molar-refractivity contribution in [3.05, 3.63) is 30.1 Å². The van der Waals surface area contributed by atoms with Crippen molar-refractivity contribution in [2.75, 3.05) is 11.9 Å². The van der Waals surface area contributed by atoms with Crippen LogP contribution in [0.2, 0.25) is 0 Å². The summed E-state index contributed by atoms with van der Waals surface area (Å²) in [5, 5.41) is 5.22. The first-order valence-electron chi connectivity index (χ1n) is 6.52. The first-order valence-corrected chi connectivity index (χ1v) is 6.52. The summed E-state index contributed by atoms with van der Waals surface area (Å²) in [6.07, 6.45) is 1.86. The summed E-state index contributed by atoms with van der Waals surface area (Å²) in [7, 11) is 0. The molecule has 6 heteroatoms. The van der Waals surface area contributed by atoms with Gasteiger partial charge in [0.25, 0.3) is 0 Å². The topological polar surface area (TPSA) is 84.2 Å². The summed E-state index contributed by atoms with van der Waals surface area (Å²) in [5.41, 5.74) is 6.35. The summed E-state index contributed by atoms with van der Waals surface area (Å²) in [6, 6.07) is 5.45. The predicted octanol–water partition coefficient (Wildman–Crippen LogP) is 1.25. The second kappa shape index (κ2) is 8.27. The van der Waals surface area contributed by atoms with Crippen LogP contribution < -0.4 is 16.4 Å². The number of carbonyl (C=O) groups excluding carboxylic acids is 2. The maximum absolute atomic E-state index is 12.7. The van der Waals surface area contributed by atoms with E-state index in [2.05, 4.69) is 10.6 Å². The van der Waals surface area contributed by atoms with Gasteiger partial charge in [0, 0.05) is 24.2 Å². The molecule has 110 valence electrons. The standard InChI is InChI=1S/C14H20FN3O2/c1-10(2-5-12(16)8-17-9-19)14(20)18-13-6-3-11(15)4-7-13/h3-4,6-7,9-10,12H,2,5,8,16H2,1H3,(H,17,19)(H,18,20). The summed E-state index contributed by atoms with van der Waals surface area (Å²) in [4.78, 5) is 22.0. The monoisotopic (exact) mass is 281 g/mol. The Kier molecular flexibility index (Phi) is 6.66. The molecule has 1 rings (SSSR count). The third-order valence-electron chi connectivity index (χ3n) is 2.99. The Morgan fingerprint density at radius 3 is 2.60 bits per heavy atom. The Balaban J connectivity index is 2.35. The molecular weight excluding hydrogens is 261 g/mol. The molecule has 1 aromatic rings. The van der Waals surface area contributed by atoms with Crippen molar-refractivity contribution < 1.29 is 14.0 Å². The van der Waals surface area contributed by atoms with E-state index >= 15 is 0 Å². The fourth-order valence-electron chi connectivity index (χ4n) is 1.70. The summed E-state index contributed by atoms with van der Waals surface area (Å²) < 4.78 is 12.7. The molecule has 2 unspecified atom stereocenters. The first-order chi connectivity index (χ1) is 9.52. The van der Waals surface area contributed by atoms with Crippen LogP contribution in [-0.2, 0) is 9.59 Å². The number of halogens is 1. The van der Waals surface area contributed by atoms with Gasteiger partial charge in [0.15, 0.2) is 0 Å². The lowest BCUT2D eigenvalue weighted by molar-refractivity contribution is -0.119. The highest BCUT2D eigenvalue weighted by Crippen LogP contribution is 2.13. The van der Waals surface area contributed by atoms with Crippen LogP contribution in [0.4, 0.5) is 10.1 Å². The van der Waals surface area contributed by atoms with E-state index in [1.807, 2.05) is 0 Å². The maximum atomic E-state index is 12.7. The normalized spacial score (nSPS) is 13.3. The smallest absolute Gasteiger partial charge is 0.227 e. The Bertz CT molecular complexity index is 437. The first kappa shape index (κ1) is 16.1. The van der Waals surface area contributed by atoms with Crippen LogP contribution >= 0.6 is 0 Å². The number of nitrogens with two attached hydrogens (primary N) is 1. The highest BCUT2D eigenvalue weighted by atomic mass is 19.1. The number of nitrogens with one attached hydrogen (secondary N) is 2. The van der Waals surface area contributed by atoms with Crippen LogP contribution in [0.25, 0.3) is 0 Å². The number of carbonyl (C=O) groups is 2. The number of rotatable bonds is 8. The van der Waals surface area contributed by atoms with E-state index < -0.39 is 0 Å². The Labute approximate surface area is 117 Å². The fraction of sp³-hybridized carbons (Fsp3) is 0.429. The molecule has 20 heavy (non-hydrogen) atoms. The van der Waals surface area contributed by atoms with Crippen LogP contribution in [-0.4, -0.2) is 24.9 Å². The number of hydrogen-bond donors (Lipinski definition) is 3. The van der Waals surface area contributed by atoms with Crippen molar-refractivity contribution in [3.8, 4) is 0 Å². The molecule has 0 aliphatic heterocycles. The largest absolute Gasteiger partial charge is 0.357 e. The van der Waals surface area contributed by atoms with Gasteiger partial charge in [-0.05, 0) is 37.1 Å². The molecule has 0 aliphatic carbocycles. The third kappa shape index (κ3) is 5.79. The predicted molar refractivity (Wildman–Crippen MR) is 75.5 cm³/mol. The Morgan fingerprint density at radius 1 is 1.35 bits per heavy atom. The minimum absolute atomic E-state index is 0.132. The molecule has 0 saturated carbocycles. The van der Waals surface area contributed by atoms with Crippen LogP contribution in [0.5, 0.6) is 0 Å². The Hall–Kier alpha value is -1.95. The molecule has 1 aromatic carbocycles. The number of amides is 2. The number of anilines is 1. The van der Waals surface area contributed by atoms with Crippen molar-refractivity contribution in [2.24, 2.45) is 11.7 Å². The van der Waals surface area contributed by atoms with Crippen molar-refractivity contribution in [3.63, 3.8) is 0 Å². The van der Waals surface area contributed by atoms with Gasteiger partial charge < -0.3 is 16.4 Å². The lowest BCUT2D eigenvalue weighted by Crippen LogP contribution is -2.34. The fourth-order valence-corrected chi connectivity index (χ4v) is 1.70. The van der Waals surface area contributed by atoms with Gasteiger partial charge in [-0.2, -0.15) is 0 Å². The van der Waals surface area contributed by atoms with Gasteiger partial charge in [-0.25, -0.2) is 4.39 Å². The van der Waals surface area contributed by atoms with E-state index in [1.165, 1.54) is 24.3 Å². The van der Waals surface area contributed by atoms with Gasteiger partial charge in [0.1, 0.15) is 5.82 Å². The molecule has 2 atom stereocenters. The average Bonchev–Trinajstić information content (AvgIpc) is 2.44. The van der Waals surface area contributed by atoms with Crippen molar-refractivity contribution in [1.29, 1.82) is 0 Å². The molecular formula is C14H20FN3O2. The molecule has 0 radical (unpaired) electrons. The molecule has 2 amide bonds. The second-order valence-corrected chi connectivity index (χ2v) is 4.76. The van der Waals surface area contributed by atoms with E-state index in [9.17, 15) is 14.0 Å². The highest BCUT2D eigenvalue weighted by molar-refractivity contribution is 5.92. The number of benzene rings is 1. The van der Waals surface area contributed by atoms with Crippen LogP contribution in [0, 0.1) is 11.7 Å². The van der Waals surface area contributed by atoms with Crippen LogP contribution in [0.15, 0.2) is 24.3 Å². The molecule has 0 bridgehead atoms. The molecule has 5 nitrogen and oxygen atoms in total. The summed E-state index contributed by atoms with van der Waals surface area (Å²) in [6.45, 7) is 2.20. The van der Waals surface area contributed by atoms with Gasteiger partial charge in [0.05, 0.1) is 0 Å². The maximum Gasteiger partial charge on any atom is 0.227 e. The van der Waals surface area contributed by atoms with Gasteiger partial charge in [-0.15, -0.1) is 0 Å². The zero-order valence-corrected chi connectivity index (χ0v) is 11.4. The SMILES string of the molecule is CC(CCC(N)CNC=O)C(=O)Nc1ccc(F)cc1. The van der Waals surface area contributed by atoms with Gasteiger partial charge in [-0.3, -0.25) is 9.59 Å². The molecule has 0 heterocycles. The average molecular weight is 281 g/mol. The molecule has 0 fully saturated rings. The van der Waals surface area contributed by atoms with E-state index in [4.69, 9.17) is 5.73 Å². The lowest BCUT2D eigenvalue weighted by Gasteiger charge is -2.15. The van der Waals surface area contributed by atoms with E-state index in [0.29, 0.717) is 31.5 Å². The van der Waals surface area contributed by atoms with E-state index in [1.54, 1.807) is 6.92 Å². The van der Waals surface area contributed by atoms with E-state index in [-0.39, 0.29) is 23.7 Å². The van der Waals surface area contributed by atoms with Crippen LogP contribution in [0.3, 0.4) is 0 Å². The van der Waals surface area contributed by atoms with Gasteiger partial charge in [-0.1, -0.05) is 6.92 Å². The van der Waals surface area contributed by atoms with E-state index in [0.717, 1.165) is 0 Å². The Morgan fingerprint density at radius 2 is 2.00 bits per heavy atom. The van der Waals surface area contributed by atoms with Crippen LogP contribution in [0.1, 0.15) is 19.8 Å². The summed E-state index contributed by atoms with van der Waals surface area (Å²) >= 11 is 0. The second-order valence-electron chi connectivity index (χ2n) is 4.76. The minimum Gasteiger partial charge on any atom is -0.357 e.